The second-order valence-corrected chi connectivity index (χ2v) is 8.12. The molecule has 2 aliphatic heterocycles. The van der Waals surface area contributed by atoms with Crippen LogP contribution in [0.25, 0.3) is 0 Å². The lowest BCUT2D eigenvalue weighted by molar-refractivity contribution is -0.138. The SMILES string of the molecule is O=C(C1CCSCC1)N1Cc2ccnn2[C@@H](COCc2ccncc2)C1. The summed E-state index contributed by atoms with van der Waals surface area (Å²) in [4.78, 5) is 19.0. The molecular formula is C19H24N4O2S. The van der Waals surface area contributed by atoms with Gasteiger partial charge in [0, 0.05) is 31.1 Å². The Morgan fingerprint density at radius 2 is 2.00 bits per heavy atom. The lowest BCUT2D eigenvalue weighted by atomic mass is 10.00. The van der Waals surface area contributed by atoms with Crippen LogP contribution < -0.4 is 0 Å². The van der Waals surface area contributed by atoms with Gasteiger partial charge >= 0.3 is 0 Å². The van der Waals surface area contributed by atoms with Crippen LogP contribution in [0.2, 0.25) is 0 Å². The Balaban J connectivity index is 1.40. The normalized spacial score (nSPS) is 20.8. The van der Waals surface area contributed by atoms with Gasteiger partial charge in [-0.15, -0.1) is 0 Å². The first-order valence-corrected chi connectivity index (χ1v) is 10.3. The van der Waals surface area contributed by atoms with Crippen LogP contribution in [0.15, 0.2) is 36.8 Å². The van der Waals surface area contributed by atoms with Gasteiger partial charge in [0.25, 0.3) is 0 Å². The highest BCUT2D eigenvalue weighted by Gasteiger charge is 2.32. The van der Waals surface area contributed by atoms with Crippen LogP contribution in [0, 0.1) is 5.92 Å². The molecule has 4 heterocycles. The standard InChI is InChI=1S/C19H24N4O2S/c24-19(16-4-9-26-10-5-16)22-11-17-3-8-21-23(17)18(12-22)14-25-13-15-1-6-20-7-2-15/h1-3,6-8,16,18H,4-5,9-14H2/t18-/m1/s1. The summed E-state index contributed by atoms with van der Waals surface area (Å²) in [7, 11) is 0. The summed E-state index contributed by atoms with van der Waals surface area (Å²) in [6.07, 6.45) is 7.36. The van der Waals surface area contributed by atoms with E-state index in [4.69, 9.17) is 4.74 Å². The molecule has 1 atom stereocenters. The molecule has 0 bridgehead atoms. The number of aromatic nitrogens is 3. The number of fused-ring (bicyclic) bond motifs is 1. The van der Waals surface area contributed by atoms with Crippen LogP contribution in [-0.2, 0) is 22.7 Å². The van der Waals surface area contributed by atoms with Gasteiger partial charge < -0.3 is 9.64 Å². The molecule has 0 spiro atoms. The van der Waals surface area contributed by atoms with E-state index in [0.29, 0.717) is 32.2 Å². The Bertz CT molecular complexity index is 730. The Hall–Kier alpha value is -1.86. The van der Waals surface area contributed by atoms with Gasteiger partial charge in [0.2, 0.25) is 5.91 Å². The summed E-state index contributed by atoms with van der Waals surface area (Å²) in [5.41, 5.74) is 2.19. The van der Waals surface area contributed by atoms with Gasteiger partial charge in [-0.2, -0.15) is 16.9 Å². The number of carbonyl (C=O) groups excluding carboxylic acids is 1. The van der Waals surface area contributed by atoms with E-state index in [0.717, 1.165) is 35.6 Å². The largest absolute Gasteiger partial charge is 0.374 e. The van der Waals surface area contributed by atoms with E-state index in [1.54, 1.807) is 12.4 Å². The molecule has 1 saturated heterocycles. The second kappa shape index (κ2) is 8.22. The topological polar surface area (TPSA) is 60.2 Å². The van der Waals surface area contributed by atoms with Crippen LogP contribution in [-0.4, -0.2) is 50.2 Å². The van der Waals surface area contributed by atoms with E-state index in [9.17, 15) is 4.79 Å². The number of hydrogen-bond acceptors (Lipinski definition) is 5. The molecular weight excluding hydrogens is 348 g/mol. The fourth-order valence-corrected chi connectivity index (χ4v) is 4.78. The van der Waals surface area contributed by atoms with E-state index in [2.05, 4.69) is 10.1 Å². The first-order chi connectivity index (χ1) is 12.8. The number of amides is 1. The molecule has 1 amide bonds. The van der Waals surface area contributed by atoms with E-state index in [1.807, 2.05) is 45.7 Å². The minimum absolute atomic E-state index is 0.0671. The maximum atomic E-state index is 13.0. The van der Waals surface area contributed by atoms with Crippen molar-refractivity contribution in [2.45, 2.75) is 32.0 Å². The number of rotatable bonds is 5. The van der Waals surface area contributed by atoms with Crippen LogP contribution in [0.5, 0.6) is 0 Å². The minimum Gasteiger partial charge on any atom is -0.374 e. The van der Waals surface area contributed by atoms with Crippen molar-refractivity contribution in [2.24, 2.45) is 5.92 Å². The van der Waals surface area contributed by atoms with E-state index < -0.39 is 0 Å². The van der Waals surface area contributed by atoms with Crippen molar-refractivity contribution in [1.82, 2.24) is 19.7 Å². The molecule has 0 unspecified atom stereocenters. The molecule has 7 heteroatoms. The third kappa shape index (κ3) is 3.94. The van der Waals surface area contributed by atoms with Crippen molar-refractivity contribution in [2.75, 3.05) is 24.7 Å². The Kier molecular flexibility index (Phi) is 5.55. The van der Waals surface area contributed by atoms with Crippen molar-refractivity contribution in [3.8, 4) is 0 Å². The maximum absolute atomic E-state index is 13.0. The van der Waals surface area contributed by atoms with Crippen molar-refractivity contribution >= 4 is 17.7 Å². The average Bonchev–Trinajstić information content (AvgIpc) is 3.18. The van der Waals surface area contributed by atoms with Gasteiger partial charge in [-0.1, -0.05) is 0 Å². The molecule has 0 radical (unpaired) electrons. The first kappa shape index (κ1) is 17.5. The highest BCUT2D eigenvalue weighted by Crippen LogP contribution is 2.28. The molecule has 0 aromatic carbocycles. The number of hydrogen-bond donors (Lipinski definition) is 0. The molecule has 26 heavy (non-hydrogen) atoms. The lowest BCUT2D eigenvalue weighted by Gasteiger charge is -2.36. The van der Waals surface area contributed by atoms with Gasteiger partial charge in [0.05, 0.1) is 31.5 Å². The fourth-order valence-electron chi connectivity index (χ4n) is 3.67. The maximum Gasteiger partial charge on any atom is 0.226 e. The van der Waals surface area contributed by atoms with Crippen LogP contribution >= 0.6 is 11.8 Å². The van der Waals surface area contributed by atoms with E-state index >= 15 is 0 Å². The average molecular weight is 372 g/mol. The summed E-state index contributed by atoms with van der Waals surface area (Å²) in [6.45, 7) is 2.42. The van der Waals surface area contributed by atoms with Gasteiger partial charge in [0.15, 0.2) is 0 Å². The molecule has 0 aliphatic carbocycles. The van der Waals surface area contributed by atoms with E-state index in [1.165, 1.54) is 0 Å². The predicted octanol–water partition coefficient (Wildman–Crippen LogP) is 2.52. The smallest absolute Gasteiger partial charge is 0.226 e. The third-order valence-electron chi connectivity index (χ3n) is 5.09. The summed E-state index contributed by atoms with van der Waals surface area (Å²) in [6, 6.07) is 5.98. The number of carbonyl (C=O) groups is 1. The highest BCUT2D eigenvalue weighted by atomic mass is 32.2. The van der Waals surface area contributed by atoms with E-state index in [-0.39, 0.29) is 12.0 Å². The second-order valence-electron chi connectivity index (χ2n) is 6.90. The van der Waals surface area contributed by atoms with Crippen LogP contribution in [0.3, 0.4) is 0 Å². The quantitative estimate of drug-likeness (QED) is 0.807. The molecule has 2 aromatic rings. The number of nitrogens with zero attached hydrogens (tertiary/aromatic N) is 4. The van der Waals surface area contributed by atoms with Gasteiger partial charge in [0.1, 0.15) is 0 Å². The molecule has 138 valence electrons. The Morgan fingerprint density at radius 1 is 1.19 bits per heavy atom. The molecule has 6 nitrogen and oxygen atoms in total. The number of pyridine rings is 1. The molecule has 0 N–H and O–H groups in total. The molecule has 1 fully saturated rings. The van der Waals surface area contributed by atoms with Crippen LogP contribution in [0.1, 0.15) is 30.1 Å². The summed E-state index contributed by atoms with van der Waals surface area (Å²) in [5.74, 6) is 2.68. The summed E-state index contributed by atoms with van der Waals surface area (Å²) in [5, 5.41) is 4.46. The zero-order valence-corrected chi connectivity index (χ0v) is 15.6. The highest BCUT2D eigenvalue weighted by molar-refractivity contribution is 7.99. The first-order valence-electron chi connectivity index (χ1n) is 9.17. The number of thioether (sulfide) groups is 1. The summed E-state index contributed by atoms with van der Waals surface area (Å²) >= 11 is 1.95. The van der Waals surface area contributed by atoms with Gasteiger partial charge in [-0.25, -0.2) is 0 Å². The molecule has 4 rings (SSSR count). The Morgan fingerprint density at radius 3 is 2.81 bits per heavy atom. The van der Waals surface area contributed by atoms with Crippen LogP contribution in [0.4, 0.5) is 0 Å². The monoisotopic (exact) mass is 372 g/mol. The lowest BCUT2D eigenvalue weighted by Crippen LogP contribution is -2.45. The van der Waals surface area contributed by atoms with Crippen molar-refractivity contribution in [1.29, 1.82) is 0 Å². The zero-order chi connectivity index (χ0) is 17.8. The van der Waals surface area contributed by atoms with Gasteiger partial charge in [-0.05, 0) is 48.1 Å². The number of ether oxygens (including phenoxy) is 1. The predicted molar refractivity (Wildman–Crippen MR) is 101 cm³/mol. The van der Waals surface area contributed by atoms with Crippen molar-refractivity contribution in [3.05, 3.63) is 48.0 Å². The summed E-state index contributed by atoms with van der Waals surface area (Å²) < 4.78 is 7.95. The molecule has 0 saturated carbocycles. The molecule has 2 aromatic heterocycles. The fraction of sp³-hybridized carbons (Fsp3) is 0.526. The zero-order valence-electron chi connectivity index (χ0n) is 14.8. The third-order valence-corrected chi connectivity index (χ3v) is 6.14. The Labute approximate surface area is 157 Å². The van der Waals surface area contributed by atoms with Crippen molar-refractivity contribution < 1.29 is 9.53 Å². The minimum atomic E-state index is 0.0671. The van der Waals surface area contributed by atoms with Gasteiger partial charge in [-0.3, -0.25) is 14.5 Å². The van der Waals surface area contributed by atoms with Crippen molar-refractivity contribution in [3.63, 3.8) is 0 Å². The molecule has 2 aliphatic rings.